The van der Waals surface area contributed by atoms with Gasteiger partial charge in [-0.15, -0.1) is 0 Å². The largest absolute Gasteiger partial charge is 0.368 e. The molecule has 0 saturated carbocycles. The van der Waals surface area contributed by atoms with E-state index in [2.05, 4.69) is 10.6 Å². The average Bonchev–Trinajstić information content (AvgIpc) is 1.87. The minimum Gasteiger partial charge on any atom is -0.368 e. The van der Waals surface area contributed by atoms with E-state index in [-0.39, 0.29) is 18.9 Å². The molecule has 0 bridgehead atoms. The molecule has 50 valence electrons. The van der Waals surface area contributed by atoms with Gasteiger partial charge >= 0.3 is 7.28 Å². The Balaban J connectivity index is 3.47. The Hall–Kier alpha value is -0.995. The molecule has 2 N–H and O–H groups in total. The highest BCUT2D eigenvalue weighted by molar-refractivity contribution is 6.96. The zero-order chi connectivity index (χ0) is 7.28. The summed E-state index contributed by atoms with van der Waals surface area (Å²) in [7, 11) is 2.89. The van der Waals surface area contributed by atoms with Crippen LogP contribution in [-0.2, 0) is 0 Å². The van der Waals surface area contributed by atoms with Crippen molar-refractivity contribution in [1.29, 1.82) is 0 Å². The Kier molecular flexibility index (Phi) is 3.51. The lowest BCUT2D eigenvalue weighted by Crippen LogP contribution is -2.34. The van der Waals surface area contributed by atoms with Gasteiger partial charge in [-0.3, -0.25) is 9.59 Å². The van der Waals surface area contributed by atoms with Gasteiger partial charge in [0.25, 0.3) is 0 Å². The van der Waals surface area contributed by atoms with Crippen LogP contribution in [0.4, 0.5) is 9.59 Å². The summed E-state index contributed by atoms with van der Waals surface area (Å²) in [6.07, 6.45) is 0. The molecule has 0 aromatic carbocycles. The fraction of sp³-hybridized carbons (Fsp3) is 0.500. The monoisotopic (exact) mass is 128 g/mol. The molecule has 0 aromatic heterocycles. The van der Waals surface area contributed by atoms with E-state index in [9.17, 15) is 9.59 Å². The normalized spacial score (nSPS) is 7.78. The molecule has 0 saturated heterocycles. The number of hydrogen-bond acceptors (Lipinski definition) is 2. The van der Waals surface area contributed by atoms with Gasteiger partial charge in [0.15, 0.2) is 11.6 Å². The first-order valence-electron chi connectivity index (χ1n) is 2.62. The van der Waals surface area contributed by atoms with E-state index in [4.69, 9.17) is 0 Å². The molecule has 9 heavy (non-hydrogen) atoms. The number of amides is 2. The summed E-state index contributed by atoms with van der Waals surface area (Å²) in [6, 6.07) is 0. The van der Waals surface area contributed by atoms with Crippen molar-refractivity contribution in [3.8, 4) is 0 Å². The molecule has 0 aromatic rings. The second-order valence-corrected chi connectivity index (χ2v) is 1.52. The predicted molar refractivity (Wildman–Crippen MR) is 36.1 cm³/mol. The van der Waals surface area contributed by atoms with Crippen LogP contribution in [-0.4, -0.2) is 33.0 Å². The summed E-state index contributed by atoms with van der Waals surface area (Å²) >= 11 is 0. The van der Waals surface area contributed by atoms with E-state index in [1.165, 1.54) is 14.1 Å². The van der Waals surface area contributed by atoms with Gasteiger partial charge in [0.05, 0.1) is 0 Å². The third-order valence-corrected chi connectivity index (χ3v) is 0.879. The Morgan fingerprint density at radius 3 is 1.67 bits per heavy atom. The molecule has 0 aliphatic rings. The third-order valence-electron chi connectivity index (χ3n) is 0.879. The lowest BCUT2D eigenvalue weighted by Gasteiger charge is -1.94. The maximum atomic E-state index is 10.4. The highest BCUT2D eigenvalue weighted by atomic mass is 16.2. The summed E-state index contributed by atoms with van der Waals surface area (Å²) in [5.41, 5.74) is 0. The molecular formula is C4H9BN2O2. The van der Waals surface area contributed by atoms with Crippen LogP contribution < -0.4 is 10.6 Å². The molecule has 0 rings (SSSR count). The van der Waals surface area contributed by atoms with Crippen molar-refractivity contribution in [3.05, 3.63) is 0 Å². The molecule has 4 nitrogen and oxygen atoms in total. The highest BCUT2D eigenvalue weighted by Crippen LogP contribution is 1.67. The van der Waals surface area contributed by atoms with Crippen molar-refractivity contribution in [1.82, 2.24) is 10.6 Å². The summed E-state index contributed by atoms with van der Waals surface area (Å²) in [6.45, 7) is 0. The van der Waals surface area contributed by atoms with Crippen molar-refractivity contribution >= 4 is 18.9 Å². The number of carbonyl (C=O) groups is 2. The summed E-state index contributed by atoms with van der Waals surface area (Å²) in [5, 5.41) is 4.66. The van der Waals surface area contributed by atoms with Crippen LogP contribution in [0.5, 0.6) is 0 Å². The van der Waals surface area contributed by atoms with Gasteiger partial charge in [-0.05, 0) is 0 Å². The second-order valence-electron chi connectivity index (χ2n) is 1.52. The minimum absolute atomic E-state index is 0.0903. The van der Waals surface area contributed by atoms with E-state index in [0.717, 1.165) is 0 Å². The van der Waals surface area contributed by atoms with Crippen LogP contribution in [0.25, 0.3) is 0 Å². The van der Waals surface area contributed by atoms with Crippen molar-refractivity contribution in [2.45, 2.75) is 0 Å². The van der Waals surface area contributed by atoms with E-state index < -0.39 is 0 Å². The standard InChI is InChI=1S/C4H9BN2O2/c1-6-3(8)5-4(9)7-2/h5H,1-2H3,(H,6,8)(H,7,9). The van der Waals surface area contributed by atoms with Crippen molar-refractivity contribution in [3.63, 3.8) is 0 Å². The molecule has 0 heterocycles. The second kappa shape index (κ2) is 3.94. The number of nitrogens with one attached hydrogen (secondary N) is 2. The lowest BCUT2D eigenvalue weighted by atomic mass is 9.76. The van der Waals surface area contributed by atoms with Gasteiger partial charge in [-0.2, -0.15) is 0 Å². The molecule has 0 fully saturated rings. The zero-order valence-corrected chi connectivity index (χ0v) is 5.52. The van der Waals surface area contributed by atoms with Crippen molar-refractivity contribution < 1.29 is 9.59 Å². The predicted octanol–water partition coefficient (Wildman–Crippen LogP) is -0.898. The number of carbonyl (C=O) groups excluding carboxylic acids is 2. The highest BCUT2D eigenvalue weighted by Gasteiger charge is 2.07. The molecule has 2 amide bonds. The van der Waals surface area contributed by atoms with Crippen LogP contribution in [0.15, 0.2) is 0 Å². The Morgan fingerprint density at radius 1 is 1.11 bits per heavy atom. The van der Waals surface area contributed by atoms with Gasteiger partial charge in [-0.1, -0.05) is 0 Å². The fourth-order valence-corrected chi connectivity index (χ4v) is 0.323. The van der Waals surface area contributed by atoms with E-state index in [1.807, 2.05) is 0 Å². The number of rotatable bonds is 2. The first-order chi connectivity index (χ1) is 4.20. The SMILES string of the molecule is CNC(=O)BC(=O)NC. The summed E-state index contributed by atoms with van der Waals surface area (Å²) < 4.78 is 0. The Bertz CT molecular complexity index is 112. The molecular weight excluding hydrogens is 119 g/mol. The molecule has 0 unspecified atom stereocenters. The van der Waals surface area contributed by atoms with Crippen molar-refractivity contribution in [2.24, 2.45) is 0 Å². The molecule has 0 radical (unpaired) electrons. The quantitative estimate of drug-likeness (QED) is 0.473. The van der Waals surface area contributed by atoms with Gasteiger partial charge in [-0.25, -0.2) is 0 Å². The minimum atomic E-state index is -0.269. The smallest absolute Gasteiger partial charge is 0.340 e. The Morgan fingerprint density at radius 2 is 1.44 bits per heavy atom. The van der Waals surface area contributed by atoms with Gasteiger partial charge in [0, 0.05) is 14.1 Å². The first-order valence-corrected chi connectivity index (χ1v) is 2.62. The van der Waals surface area contributed by atoms with E-state index in [0.29, 0.717) is 0 Å². The third kappa shape index (κ3) is 3.58. The van der Waals surface area contributed by atoms with Crippen LogP contribution in [0.3, 0.4) is 0 Å². The molecule has 5 heteroatoms. The lowest BCUT2D eigenvalue weighted by molar-refractivity contribution is 0.256. The van der Waals surface area contributed by atoms with Gasteiger partial charge in [0.1, 0.15) is 0 Å². The molecule has 0 aliphatic carbocycles. The van der Waals surface area contributed by atoms with E-state index in [1.54, 1.807) is 0 Å². The summed E-state index contributed by atoms with van der Waals surface area (Å²) in [4.78, 5) is 20.8. The van der Waals surface area contributed by atoms with Crippen LogP contribution in [0.1, 0.15) is 0 Å². The van der Waals surface area contributed by atoms with Gasteiger partial charge < -0.3 is 10.6 Å². The maximum Gasteiger partial charge on any atom is 0.340 e. The Labute approximate surface area is 54.2 Å². The molecule has 0 spiro atoms. The van der Waals surface area contributed by atoms with E-state index >= 15 is 0 Å². The average molecular weight is 128 g/mol. The first kappa shape index (κ1) is 8.00. The summed E-state index contributed by atoms with van der Waals surface area (Å²) in [5.74, 6) is -0.538. The molecule has 0 aliphatic heterocycles. The van der Waals surface area contributed by atoms with Gasteiger partial charge in [0.2, 0.25) is 0 Å². The van der Waals surface area contributed by atoms with Crippen molar-refractivity contribution in [2.75, 3.05) is 14.1 Å². The topological polar surface area (TPSA) is 58.2 Å². The van der Waals surface area contributed by atoms with Crippen LogP contribution in [0.2, 0.25) is 0 Å². The van der Waals surface area contributed by atoms with Crippen LogP contribution in [0, 0.1) is 0 Å². The molecule has 0 atom stereocenters. The maximum absolute atomic E-state index is 10.4. The zero-order valence-electron chi connectivity index (χ0n) is 5.52. The fourth-order valence-electron chi connectivity index (χ4n) is 0.323. The van der Waals surface area contributed by atoms with Crippen LogP contribution >= 0.6 is 0 Å². The number of hydrogen-bond donors (Lipinski definition) is 2.